The van der Waals surface area contributed by atoms with Crippen molar-refractivity contribution in [3.05, 3.63) is 62.8 Å². The number of aromatic nitrogens is 2. The number of hydrogen-bond acceptors (Lipinski definition) is 4. The first-order chi connectivity index (χ1) is 9.88. The van der Waals surface area contributed by atoms with Crippen LogP contribution in [0.1, 0.15) is 29.1 Å². The molecule has 0 N–H and O–H groups in total. The molecule has 2 rings (SSSR count). The van der Waals surface area contributed by atoms with Gasteiger partial charge in [-0.25, -0.2) is 13.9 Å². The van der Waals surface area contributed by atoms with Crippen molar-refractivity contribution >= 4 is 17.6 Å². The Morgan fingerprint density at radius 3 is 2.71 bits per heavy atom. The Morgan fingerprint density at radius 1 is 1.38 bits per heavy atom. The van der Waals surface area contributed by atoms with Gasteiger partial charge in [-0.3, -0.25) is 4.79 Å². The Hall–Kier alpha value is -2.21. The molecule has 0 aliphatic carbocycles. The van der Waals surface area contributed by atoms with Gasteiger partial charge in [-0.15, -0.1) is 0 Å². The van der Waals surface area contributed by atoms with E-state index < -0.39 is 17.9 Å². The summed E-state index contributed by atoms with van der Waals surface area (Å²) < 4.78 is 19.3. The number of hydrogen-bond donors (Lipinski definition) is 0. The van der Waals surface area contributed by atoms with Gasteiger partial charge in [-0.2, -0.15) is 5.10 Å². The first-order valence-electron chi connectivity index (χ1n) is 6.09. The van der Waals surface area contributed by atoms with E-state index in [0.717, 1.165) is 4.68 Å². The van der Waals surface area contributed by atoms with Crippen LogP contribution in [0.2, 0.25) is 5.02 Å². The third-order valence-corrected chi connectivity index (χ3v) is 3.16. The van der Waals surface area contributed by atoms with Crippen LogP contribution in [-0.4, -0.2) is 15.7 Å². The highest BCUT2D eigenvalue weighted by Gasteiger charge is 2.16. The summed E-state index contributed by atoms with van der Waals surface area (Å²) in [6.07, 6.45) is -0.630. The molecule has 5 nitrogen and oxygen atoms in total. The van der Waals surface area contributed by atoms with Gasteiger partial charge in [0.05, 0.1) is 5.02 Å². The fraction of sp³-hybridized carbons (Fsp3) is 0.214. The molecule has 1 aromatic carbocycles. The highest BCUT2D eigenvalue weighted by atomic mass is 35.5. The van der Waals surface area contributed by atoms with Crippen molar-refractivity contribution in [2.24, 2.45) is 7.05 Å². The molecule has 110 valence electrons. The Labute approximate surface area is 124 Å². The summed E-state index contributed by atoms with van der Waals surface area (Å²) in [7, 11) is 1.43. The lowest BCUT2D eigenvalue weighted by molar-refractivity contribution is 0.0328. The molecule has 0 unspecified atom stereocenters. The highest BCUT2D eigenvalue weighted by molar-refractivity contribution is 6.30. The van der Waals surface area contributed by atoms with Gasteiger partial charge in [0.2, 0.25) is 0 Å². The third-order valence-electron chi connectivity index (χ3n) is 2.87. The second-order valence-corrected chi connectivity index (χ2v) is 4.81. The average molecular weight is 311 g/mol. The largest absolute Gasteiger partial charge is 0.453 e. The van der Waals surface area contributed by atoms with Crippen molar-refractivity contribution < 1.29 is 13.9 Å². The molecular weight excluding hydrogens is 299 g/mol. The molecule has 21 heavy (non-hydrogen) atoms. The first-order valence-corrected chi connectivity index (χ1v) is 6.46. The summed E-state index contributed by atoms with van der Waals surface area (Å²) >= 11 is 5.68. The monoisotopic (exact) mass is 310 g/mol. The van der Waals surface area contributed by atoms with E-state index in [1.165, 1.54) is 37.4 Å². The molecule has 0 saturated carbocycles. The van der Waals surface area contributed by atoms with Crippen LogP contribution < -0.4 is 5.56 Å². The van der Waals surface area contributed by atoms with Gasteiger partial charge in [0.15, 0.2) is 5.69 Å². The number of nitrogens with zero attached hydrogens (tertiary/aromatic N) is 2. The molecule has 0 amide bonds. The number of aryl methyl sites for hydroxylation is 1. The molecule has 0 bridgehead atoms. The summed E-state index contributed by atoms with van der Waals surface area (Å²) in [5.74, 6) is -1.22. The minimum atomic E-state index is -0.682. The average Bonchev–Trinajstić information content (AvgIpc) is 2.44. The van der Waals surface area contributed by atoms with Gasteiger partial charge in [0, 0.05) is 13.1 Å². The summed E-state index contributed by atoms with van der Waals surface area (Å²) in [5.41, 5.74) is 0.238. The predicted molar refractivity (Wildman–Crippen MR) is 74.7 cm³/mol. The van der Waals surface area contributed by atoms with E-state index >= 15 is 0 Å². The molecule has 0 fully saturated rings. The fourth-order valence-electron chi connectivity index (χ4n) is 1.67. The van der Waals surface area contributed by atoms with E-state index in [1.54, 1.807) is 6.92 Å². The van der Waals surface area contributed by atoms with Gasteiger partial charge in [-0.05, 0) is 30.7 Å². The van der Waals surface area contributed by atoms with Gasteiger partial charge in [-0.1, -0.05) is 17.7 Å². The van der Waals surface area contributed by atoms with Crippen LogP contribution in [0.3, 0.4) is 0 Å². The van der Waals surface area contributed by atoms with Crippen LogP contribution in [0.25, 0.3) is 0 Å². The zero-order chi connectivity index (χ0) is 15.6. The summed E-state index contributed by atoms with van der Waals surface area (Å²) in [4.78, 5) is 23.1. The van der Waals surface area contributed by atoms with E-state index in [9.17, 15) is 14.0 Å². The number of ether oxygens (including phenoxy) is 1. The topological polar surface area (TPSA) is 61.2 Å². The Bertz CT molecular complexity index is 745. The molecule has 0 aliphatic rings. The summed E-state index contributed by atoms with van der Waals surface area (Å²) in [6, 6.07) is 6.58. The van der Waals surface area contributed by atoms with Crippen LogP contribution in [0, 0.1) is 5.82 Å². The fourth-order valence-corrected chi connectivity index (χ4v) is 1.85. The van der Waals surface area contributed by atoms with Crippen molar-refractivity contribution in [1.29, 1.82) is 0 Å². The zero-order valence-electron chi connectivity index (χ0n) is 11.3. The van der Waals surface area contributed by atoms with Crippen molar-refractivity contribution in [3.8, 4) is 0 Å². The highest BCUT2D eigenvalue weighted by Crippen LogP contribution is 2.23. The number of halogens is 2. The van der Waals surface area contributed by atoms with Crippen molar-refractivity contribution in [3.63, 3.8) is 0 Å². The summed E-state index contributed by atoms with van der Waals surface area (Å²) in [6.45, 7) is 1.63. The quantitative estimate of drug-likeness (QED) is 0.817. The van der Waals surface area contributed by atoms with E-state index in [4.69, 9.17) is 16.3 Å². The number of benzene rings is 1. The second-order valence-electron chi connectivity index (χ2n) is 4.40. The maximum atomic E-state index is 13.1. The van der Waals surface area contributed by atoms with Gasteiger partial charge in [0.1, 0.15) is 11.9 Å². The van der Waals surface area contributed by atoms with Crippen LogP contribution in [0.15, 0.2) is 35.1 Å². The Balaban J connectivity index is 2.16. The molecule has 1 atom stereocenters. The number of carbonyl (C=O) groups excluding carboxylic acids is 1. The maximum absolute atomic E-state index is 13.1. The maximum Gasteiger partial charge on any atom is 0.359 e. The Kier molecular flexibility index (Phi) is 4.37. The van der Waals surface area contributed by atoms with Gasteiger partial charge < -0.3 is 4.74 Å². The van der Waals surface area contributed by atoms with Crippen LogP contribution in [0.4, 0.5) is 4.39 Å². The molecule has 0 saturated heterocycles. The molecule has 1 heterocycles. The smallest absolute Gasteiger partial charge is 0.359 e. The minimum Gasteiger partial charge on any atom is -0.453 e. The standard InChI is InChI=1S/C14H12ClFN2O3/c1-8(9-3-4-11(16)10(15)7-9)21-14(20)12-5-6-13(19)18(2)17-12/h3-8H,1-2H3/t8-/m1/s1. The lowest BCUT2D eigenvalue weighted by atomic mass is 10.1. The summed E-state index contributed by atoms with van der Waals surface area (Å²) in [5, 5.41) is 3.75. The van der Waals surface area contributed by atoms with Gasteiger partial charge >= 0.3 is 5.97 Å². The predicted octanol–water partition coefficient (Wildman–Crippen LogP) is 2.49. The van der Waals surface area contributed by atoms with E-state index in [2.05, 4.69) is 5.10 Å². The zero-order valence-corrected chi connectivity index (χ0v) is 12.1. The lowest BCUT2D eigenvalue weighted by Crippen LogP contribution is -2.22. The SMILES string of the molecule is C[C@@H](OC(=O)c1ccc(=O)n(C)n1)c1ccc(F)c(Cl)c1. The van der Waals surface area contributed by atoms with E-state index in [1.807, 2.05) is 0 Å². The molecular formula is C14H12ClFN2O3. The third kappa shape index (κ3) is 3.46. The number of carbonyl (C=O) groups is 1. The minimum absolute atomic E-state index is 0.0113. The van der Waals surface area contributed by atoms with Crippen molar-refractivity contribution in [1.82, 2.24) is 9.78 Å². The number of esters is 1. The van der Waals surface area contributed by atoms with Crippen LogP contribution in [-0.2, 0) is 11.8 Å². The first kappa shape index (κ1) is 15.2. The molecule has 2 aromatic rings. The normalized spacial score (nSPS) is 12.0. The van der Waals surface area contributed by atoms with Crippen LogP contribution in [0.5, 0.6) is 0 Å². The van der Waals surface area contributed by atoms with E-state index in [0.29, 0.717) is 5.56 Å². The molecule has 0 aliphatic heterocycles. The van der Waals surface area contributed by atoms with E-state index in [-0.39, 0.29) is 16.3 Å². The molecule has 0 spiro atoms. The molecule has 7 heteroatoms. The van der Waals surface area contributed by atoms with Crippen molar-refractivity contribution in [2.45, 2.75) is 13.0 Å². The van der Waals surface area contributed by atoms with Gasteiger partial charge in [0.25, 0.3) is 5.56 Å². The Morgan fingerprint density at radius 2 is 2.10 bits per heavy atom. The molecule has 0 radical (unpaired) electrons. The lowest BCUT2D eigenvalue weighted by Gasteiger charge is -2.13. The number of rotatable bonds is 3. The second kappa shape index (κ2) is 6.05. The van der Waals surface area contributed by atoms with Crippen molar-refractivity contribution in [2.75, 3.05) is 0 Å². The molecule has 1 aromatic heterocycles. The van der Waals surface area contributed by atoms with Crippen LogP contribution >= 0.6 is 11.6 Å².